The van der Waals surface area contributed by atoms with Crippen LogP contribution in [0.25, 0.3) is 0 Å². The third kappa shape index (κ3) is 15.9. The van der Waals surface area contributed by atoms with Crippen molar-refractivity contribution < 1.29 is 9.90 Å². The first-order valence-corrected chi connectivity index (χ1v) is 3.51. The average Bonchev–Trinajstić information content (AvgIpc) is 1.66. The fraction of sp³-hybridized carbons (Fsp3) is 0.800. The maximum Gasteiger partial charge on any atom is 0.303 e. The molecule has 3 atom stereocenters. The molecule has 0 aromatic carbocycles. The third-order valence-electron chi connectivity index (χ3n) is 0.845. The van der Waals surface area contributed by atoms with Gasteiger partial charge in [0.1, 0.15) is 0 Å². The Kier molecular flexibility index (Phi) is 21.2. The van der Waals surface area contributed by atoms with Crippen LogP contribution in [0.1, 0.15) is 19.3 Å². The molecular weight excluding hydrogens is 185 g/mol. The molecule has 0 bridgehead atoms. The van der Waals surface area contributed by atoms with Gasteiger partial charge in [-0.15, -0.1) is 9.24 Å². The van der Waals surface area contributed by atoms with E-state index < -0.39 is 5.97 Å². The molecule has 0 radical (unpaired) electrons. The lowest BCUT2D eigenvalue weighted by atomic mass is 10.3. The molecule has 1 N–H and O–H groups in total. The summed E-state index contributed by atoms with van der Waals surface area (Å²) in [6.07, 6.45) is 3.12. The van der Waals surface area contributed by atoms with E-state index in [1.165, 1.54) is 0 Å². The van der Waals surface area contributed by atoms with Crippen LogP contribution in [-0.2, 0) is 4.79 Å². The molecule has 10 heavy (non-hydrogen) atoms. The van der Waals surface area contributed by atoms with E-state index in [-0.39, 0.29) is 19.8 Å². The van der Waals surface area contributed by atoms with E-state index in [4.69, 9.17) is 5.11 Å². The van der Waals surface area contributed by atoms with Gasteiger partial charge in [0.25, 0.3) is 0 Å². The first kappa shape index (κ1) is 17.0. The first-order valence-electron chi connectivity index (χ1n) is 2.69. The fourth-order valence-corrected chi connectivity index (χ4v) is 0.709. The van der Waals surface area contributed by atoms with Crippen LogP contribution >= 0.6 is 29.0 Å². The molecule has 0 aromatic rings. The first-order chi connectivity index (χ1) is 3.77. The van der Waals surface area contributed by atoms with Gasteiger partial charge in [-0.2, -0.15) is 19.8 Å². The number of aliphatic carboxylic acids is 1. The second-order valence-electron chi connectivity index (χ2n) is 1.64. The Morgan fingerprint density at radius 2 is 1.80 bits per heavy atom. The Morgan fingerprint density at radius 1 is 1.30 bits per heavy atom. The van der Waals surface area contributed by atoms with Crippen LogP contribution < -0.4 is 0 Å². The van der Waals surface area contributed by atoms with Crippen molar-refractivity contribution >= 4 is 35.0 Å². The highest BCUT2D eigenvalue weighted by molar-refractivity contribution is 7.16. The van der Waals surface area contributed by atoms with Crippen molar-refractivity contribution in [2.45, 2.75) is 19.3 Å². The summed E-state index contributed by atoms with van der Waals surface area (Å²) in [5.74, 6) is -0.691. The molecule has 5 heteroatoms. The molecular formula is C5H17O2P3. The molecule has 0 heterocycles. The summed E-state index contributed by atoms with van der Waals surface area (Å²) in [4.78, 5) is 9.87. The quantitative estimate of drug-likeness (QED) is 0.550. The van der Waals surface area contributed by atoms with E-state index in [2.05, 4.69) is 9.24 Å². The lowest BCUT2D eigenvalue weighted by Gasteiger charge is -1.89. The van der Waals surface area contributed by atoms with Gasteiger partial charge in [-0.25, -0.2) is 0 Å². The summed E-state index contributed by atoms with van der Waals surface area (Å²) < 4.78 is 0. The molecule has 0 amide bonds. The molecule has 0 aliphatic carbocycles. The monoisotopic (exact) mass is 202 g/mol. The number of carbonyl (C=O) groups is 1. The van der Waals surface area contributed by atoms with Crippen LogP contribution in [0.4, 0.5) is 0 Å². The van der Waals surface area contributed by atoms with E-state index in [1.54, 1.807) is 0 Å². The van der Waals surface area contributed by atoms with Crippen molar-refractivity contribution in [1.29, 1.82) is 0 Å². The van der Waals surface area contributed by atoms with Gasteiger partial charge in [-0.3, -0.25) is 4.79 Å². The van der Waals surface area contributed by atoms with Crippen molar-refractivity contribution in [3.63, 3.8) is 0 Å². The predicted octanol–water partition coefficient (Wildman–Crippen LogP) is 1.23. The largest absolute Gasteiger partial charge is 0.481 e. The zero-order chi connectivity index (χ0) is 6.41. The highest BCUT2D eigenvalue weighted by Gasteiger charge is 1.92. The van der Waals surface area contributed by atoms with Gasteiger partial charge < -0.3 is 5.11 Å². The van der Waals surface area contributed by atoms with Crippen LogP contribution in [0.2, 0.25) is 0 Å². The predicted molar refractivity (Wildman–Crippen MR) is 58.3 cm³/mol. The van der Waals surface area contributed by atoms with Gasteiger partial charge in [0.2, 0.25) is 0 Å². The Hall–Kier alpha value is 0.760. The Bertz CT molecular complexity index is 77.3. The van der Waals surface area contributed by atoms with Crippen molar-refractivity contribution in [1.82, 2.24) is 0 Å². The number of hydrogen-bond donors (Lipinski definition) is 1. The van der Waals surface area contributed by atoms with Crippen molar-refractivity contribution in [3.05, 3.63) is 0 Å². The zero-order valence-electron chi connectivity index (χ0n) is 6.18. The summed E-state index contributed by atoms with van der Waals surface area (Å²) in [5.41, 5.74) is 0. The van der Waals surface area contributed by atoms with E-state index >= 15 is 0 Å². The van der Waals surface area contributed by atoms with Gasteiger partial charge in [-0.05, 0) is 19.0 Å². The molecule has 0 rings (SSSR count). The highest BCUT2D eigenvalue weighted by Crippen LogP contribution is 1.97. The Labute approximate surface area is 71.0 Å². The van der Waals surface area contributed by atoms with Crippen LogP contribution in [-0.4, -0.2) is 17.2 Å². The molecule has 0 aliphatic rings. The molecule has 0 aromatic heterocycles. The molecule has 0 spiro atoms. The van der Waals surface area contributed by atoms with Crippen molar-refractivity contribution in [2.24, 2.45) is 0 Å². The minimum Gasteiger partial charge on any atom is -0.481 e. The summed E-state index contributed by atoms with van der Waals surface area (Å²) in [7, 11) is 2.57. The van der Waals surface area contributed by atoms with Crippen LogP contribution in [0, 0.1) is 0 Å². The standard InChI is InChI=1S/C5H11O2P.2H3P/c6-5(7)3-1-2-4-8;;/h1-4,8H2,(H,6,7);2*1H3. The molecule has 0 saturated carbocycles. The molecule has 2 nitrogen and oxygen atoms in total. The van der Waals surface area contributed by atoms with Gasteiger partial charge in [0.05, 0.1) is 0 Å². The summed E-state index contributed by atoms with van der Waals surface area (Å²) in [6.45, 7) is 0. The number of hydrogen-bond acceptors (Lipinski definition) is 1. The second kappa shape index (κ2) is 12.4. The van der Waals surface area contributed by atoms with E-state index in [1.807, 2.05) is 0 Å². The minimum absolute atomic E-state index is 0. The molecule has 64 valence electrons. The minimum atomic E-state index is -0.691. The van der Waals surface area contributed by atoms with Crippen LogP contribution in [0.15, 0.2) is 0 Å². The molecule has 0 saturated heterocycles. The summed E-state index contributed by atoms with van der Waals surface area (Å²) >= 11 is 0. The van der Waals surface area contributed by atoms with E-state index in [0.29, 0.717) is 6.42 Å². The van der Waals surface area contributed by atoms with Gasteiger partial charge in [0, 0.05) is 6.42 Å². The van der Waals surface area contributed by atoms with E-state index in [0.717, 1.165) is 19.0 Å². The smallest absolute Gasteiger partial charge is 0.303 e. The average molecular weight is 202 g/mol. The Morgan fingerprint density at radius 3 is 2.10 bits per heavy atom. The normalized spacial score (nSPS) is 7.30. The topological polar surface area (TPSA) is 37.3 Å². The highest BCUT2D eigenvalue weighted by atomic mass is 31.0. The second-order valence-corrected chi connectivity index (χ2v) is 2.22. The van der Waals surface area contributed by atoms with Crippen molar-refractivity contribution in [2.75, 3.05) is 6.16 Å². The Balaban J connectivity index is -0.000000245. The lowest BCUT2D eigenvalue weighted by molar-refractivity contribution is -0.137. The maximum absolute atomic E-state index is 9.87. The van der Waals surface area contributed by atoms with Crippen LogP contribution in [0.3, 0.4) is 0 Å². The summed E-state index contributed by atoms with van der Waals surface area (Å²) in [6, 6.07) is 0. The van der Waals surface area contributed by atoms with E-state index in [9.17, 15) is 4.79 Å². The summed E-state index contributed by atoms with van der Waals surface area (Å²) in [5, 5.41) is 8.13. The number of carboxylic acid groups (broad SMARTS) is 1. The molecule has 3 unspecified atom stereocenters. The lowest BCUT2D eigenvalue weighted by Crippen LogP contribution is -1.93. The maximum atomic E-state index is 9.87. The zero-order valence-corrected chi connectivity index (χ0v) is 10.2. The van der Waals surface area contributed by atoms with Gasteiger partial charge in [0.15, 0.2) is 0 Å². The van der Waals surface area contributed by atoms with Gasteiger partial charge in [-0.1, -0.05) is 0 Å². The SMILES string of the molecule is O=C(O)CCCCP.P.P. The molecule has 0 fully saturated rings. The number of unbranched alkanes of at least 4 members (excludes halogenated alkanes) is 1. The van der Waals surface area contributed by atoms with Crippen LogP contribution in [0.5, 0.6) is 0 Å². The van der Waals surface area contributed by atoms with Gasteiger partial charge >= 0.3 is 5.97 Å². The van der Waals surface area contributed by atoms with Crippen molar-refractivity contribution in [3.8, 4) is 0 Å². The third-order valence-corrected chi connectivity index (χ3v) is 1.25. The number of rotatable bonds is 4. The number of carboxylic acids is 1. The molecule has 0 aliphatic heterocycles. The fourth-order valence-electron chi connectivity index (χ4n) is 0.421.